The molecule has 5 heteroatoms. The molecule has 1 aliphatic rings. The lowest BCUT2D eigenvalue weighted by Crippen LogP contribution is -2.28. The van der Waals surface area contributed by atoms with Gasteiger partial charge in [-0.15, -0.1) is 0 Å². The molecule has 2 heterocycles. The zero-order valence-electron chi connectivity index (χ0n) is 42.6. The molecule has 13 rings (SSSR count). The molecule has 0 N–H and O–H groups in total. The van der Waals surface area contributed by atoms with Crippen molar-refractivity contribution in [2.24, 2.45) is 0 Å². The fraction of sp³-hybridized carbons (Fsp3) is 0.130. The molecule has 12 aromatic rings. The van der Waals surface area contributed by atoms with E-state index in [0.29, 0.717) is 0 Å². The maximum atomic E-state index is 5.03. The van der Waals surface area contributed by atoms with Gasteiger partial charge >= 0.3 is 0 Å². The van der Waals surface area contributed by atoms with Gasteiger partial charge in [0, 0.05) is 33.4 Å². The van der Waals surface area contributed by atoms with Crippen LogP contribution in [0.25, 0.3) is 71.9 Å². The average Bonchev–Trinajstić information content (AvgIpc) is 4.14. The van der Waals surface area contributed by atoms with E-state index in [0.717, 1.165) is 50.5 Å². The number of fused-ring (bicyclic) bond motifs is 7. The molecular weight excluding hydrogens is 917 g/mol. The summed E-state index contributed by atoms with van der Waals surface area (Å²) in [7, 11) is 0. The summed E-state index contributed by atoms with van der Waals surface area (Å²) in [5.74, 6) is 0. The molecule has 0 amide bonds. The first-order chi connectivity index (χ1) is 36.0. The molecule has 1 aliphatic carbocycles. The van der Waals surface area contributed by atoms with Gasteiger partial charge in [0.05, 0.1) is 33.9 Å². The molecule has 0 saturated carbocycles. The van der Waals surface area contributed by atoms with Crippen molar-refractivity contribution in [1.29, 1.82) is 0 Å². The Hall–Kier alpha value is -8.38. The van der Waals surface area contributed by atoms with E-state index in [-0.39, 0.29) is 10.8 Å². The Morgan fingerprint density at radius 1 is 0.419 bits per heavy atom. The second-order valence-electron chi connectivity index (χ2n) is 21.9. The molecule has 0 bridgehead atoms. The van der Waals surface area contributed by atoms with Gasteiger partial charge in [0.1, 0.15) is 11.0 Å². The second kappa shape index (κ2) is 17.4. The first-order valence-electron chi connectivity index (χ1n) is 25.7. The van der Waals surface area contributed by atoms with Crippen LogP contribution >= 0.6 is 11.7 Å². The number of rotatable bonds is 8. The first-order valence-corrected chi connectivity index (χ1v) is 26.5. The molecule has 74 heavy (non-hydrogen) atoms. The number of nitrogens with zero attached hydrogens (tertiary/aromatic N) is 4. The summed E-state index contributed by atoms with van der Waals surface area (Å²) in [5, 5.41) is 2.57. The van der Waals surface area contributed by atoms with Crippen LogP contribution in [0.15, 0.2) is 231 Å². The average molecular weight is 973 g/mol. The van der Waals surface area contributed by atoms with Crippen LogP contribution < -0.4 is 4.90 Å². The topological polar surface area (TPSA) is 34.0 Å². The smallest absolute Gasteiger partial charge is 0.129 e. The van der Waals surface area contributed by atoms with Gasteiger partial charge in [-0.2, -0.15) is 8.75 Å². The van der Waals surface area contributed by atoms with Crippen molar-refractivity contribution in [3.63, 3.8) is 0 Å². The summed E-state index contributed by atoms with van der Waals surface area (Å²) in [6.45, 7) is 13.8. The van der Waals surface area contributed by atoms with E-state index in [1.165, 1.54) is 83.6 Å². The summed E-state index contributed by atoms with van der Waals surface area (Å²) < 4.78 is 12.4. The Morgan fingerprint density at radius 3 is 1.53 bits per heavy atom. The van der Waals surface area contributed by atoms with Crippen molar-refractivity contribution in [3.05, 3.63) is 264 Å². The predicted molar refractivity (Wildman–Crippen MR) is 312 cm³/mol. The Bertz CT molecular complexity index is 3950. The lowest BCUT2D eigenvalue weighted by Gasteiger charge is -2.34. The van der Waals surface area contributed by atoms with Gasteiger partial charge in [-0.3, -0.25) is 0 Å². The molecular formula is C69H56N4S. The molecule has 358 valence electrons. The molecule has 10 aromatic carbocycles. The van der Waals surface area contributed by atoms with E-state index >= 15 is 0 Å². The maximum Gasteiger partial charge on any atom is 0.129 e. The van der Waals surface area contributed by atoms with Crippen LogP contribution in [0.4, 0.5) is 17.1 Å². The molecule has 0 unspecified atom stereocenters. The Labute approximate surface area is 438 Å². The highest BCUT2D eigenvalue weighted by atomic mass is 32.1. The van der Waals surface area contributed by atoms with Crippen LogP contribution in [-0.2, 0) is 16.2 Å². The van der Waals surface area contributed by atoms with Gasteiger partial charge in [-0.1, -0.05) is 199 Å². The van der Waals surface area contributed by atoms with E-state index < -0.39 is 5.41 Å². The third-order valence-corrected chi connectivity index (χ3v) is 16.0. The number of para-hydroxylation sites is 1. The van der Waals surface area contributed by atoms with Crippen LogP contribution in [0.2, 0.25) is 0 Å². The summed E-state index contributed by atoms with van der Waals surface area (Å²) in [6.07, 6.45) is 0. The standard InChI is InChI=1S/C69H56N4S/c1-67(2,3)49-33-40-61-57(43-49)58-44-50(68(4,5)6)34-41-62(58)73(61)53-37-31-46(32-38-53)55-39-42-63(66-65(55)70-74-71-66)72(51-23-14-9-15-24-51)52-35-29-45(30-36-52)54-26-18-28-60-64(54)56-25-16-17-27-59(56)69(60,47-19-10-7-11-20-47)48-21-12-8-13-22-48/h7-44H,1-6H3. The Balaban J connectivity index is 0.887. The molecule has 4 nitrogen and oxygen atoms in total. The first kappa shape index (κ1) is 45.5. The van der Waals surface area contributed by atoms with Crippen molar-refractivity contribution in [2.45, 2.75) is 57.8 Å². The van der Waals surface area contributed by atoms with E-state index in [1.54, 1.807) is 0 Å². The fourth-order valence-corrected chi connectivity index (χ4v) is 12.4. The van der Waals surface area contributed by atoms with E-state index in [1.807, 2.05) is 0 Å². The fourth-order valence-electron chi connectivity index (χ4n) is 11.8. The van der Waals surface area contributed by atoms with Gasteiger partial charge in [0.15, 0.2) is 0 Å². The highest BCUT2D eigenvalue weighted by Crippen LogP contribution is 2.58. The predicted octanol–water partition coefficient (Wildman–Crippen LogP) is 18.6. The summed E-state index contributed by atoms with van der Waals surface area (Å²) in [4.78, 5) is 2.32. The second-order valence-corrected chi connectivity index (χ2v) is 22.4. The van der Waals surface area contributed by atoms with E-state index in [4.69, 9.17) is 8.75 Å². The van der Waals surface area contributed by atoms with Crippen LogP contribution in [0.1, 0.15) is 74.9 Å². The third kappa shape index (κ3) is 7.24. The molecule has 0 fully saturated rings. The lowest BCUT2D eigenvalue weighted by atomic mass is 9.67. The van der Waals surface area contributed by atoms with Crippen molar-refractivity contribution in [1.82, 2.24) is 13.3 Å². The van der Waals surface area contributed by atoms with Crippen LogP contribution in [0.5, 0.6) is 0 Å². The van der Waals surface area contributed by atoms with Crippen LogP contribution in [0.3, 0.4) is 0 Å². The number of hydrogen-bond donors (Lipinski definition) is 0. The number of benzene rings is 10. The molecule has 0 spiro atoms. The highest BCUT2D eigenvalue weighted by molar-refractivity contribution is 7.00. The zero-order valence-corrected chi connectivity index (χ0v) is 43.5. The minimum Gasteiger partial charge on any atom is -0.309 e. The van der Waals surface area contributed by atoms with Crippen LogP contribution in [0, 0.1) is 0 Å². The van der Waals surface area contributed by atoms with Crippen LogP contribution in [-0.4, -0.2) is 13.3 Å². The Kier molecular flexibility index (Phi) is 10.7. The van der Waals surface area contributed by atoms with Crippen molar-refractivity contribution in [3.8, 4) is 39.1 Å². The summed E-state index contributed by atoms with van der Waals surface area (Å²) >= 11 is 1.26. The molecule has 0 atom stereocenters. The van der Waals surface area contributed by atoms with Crippen molar-refractivity contribution in [2.75, 3.05) is 4.90 Å². The van der Waals surface area contributed by atoms with E-state index in [9.17, 15) is 0 Å². The van der Waals surface area contributed by atoms with Crippen molar-refractivity contribution >= 4 is 61.6 Å². The number of anilines is 3. The van der Waals surface area contributed by atoms with Crippen molar-refractivity contribution < 1.29 is 0 Å². The lowest BCUT2D eigenvalue weighted by molar-refractivity contribution is 0.590. The molecule has 0 radical (unpaired) electrons. The van der Waals surface area contributed by atoms with Gasteiger partial charge in [0.25, 0.3) is 0 Å². The Morgan fingerprint density at radius 2 is 0.919 bits per heavy atom. The molecule has 0 aliphatic heterocycles. The maximum absolute atomic E-state index is 5.03. The molecule has 0 saturated heterocycles. The van der Waals surface area contributed by atoms with E-state index in [2.05, 4.69) is 282 Å². The minimum absolute atomic E-state index is 0.0398. The quantitative estimate of drug-likeness (QED) is 0.152. The summed E-state index contributed by atoms with van der Waals surface area (Å²) in [5.41, 5.74) is 22.9. The normalized spacial score (nSPS) is 13.1. The van der Waals surface area contributed by atoms with Gasteiger partial charge in [-0.05, 0) is 145 Å². The highest BCUT2D eigenvalue weighted by Gasteiger charge is 2.46. The van der Waals surface area contributed by atoms with Gasteiger partial charge in [-0.25, -0.2) is 0 Å². The minimum atomic E-state index is -0.463. The zero-order chi connectivity index (χ0) is 50.3. The third-order valence-electron chi connectivity index (χ3n) is 15.5. The SMILES string of the molecule is CC(C)(C)c1ccc2c(c1)c1cc(C(C)(C)C)ccc1n2-c1ccc(-c2ccc(N(c3ccccc3)c3ccc(-c4cccc5c4-c4ccccc4C5(c4ccccc4)c4ccccc4)cc3)c3nsnc23)cc1. The molecule has 2 aromatic heterocycles. The van der Waals surface area contributed by atoms with Gasteiger partial charge in [0.2, 0.25) is 0 Å². The number of aromatic nitrogens is 3. The summed E-state index contributed by atoms with van der Waals surface area (Å²) in [6, 6.07) is 85.0. The largest absolute Gasteiger partial charge is 0.309 e. The van der Waals surface area contributed by atoms with Gasteiger partial charge < -0.3 is 9.47 Å². The monoisotopic (exact) mass is 972 g/mol. The number of hydrogen-bond acceptors (Lipinski definition) is 4.